The van der Waals surface area contributed by atoms with Crippen LogP contribution in [0.25, 0.3) is 0 Å². The van der Waals surface area contributed by atoms with E-state index in [0.29, 0.717) is 19.0 Å². The van der Waals surface area contributed by atoms with Gasteiger partial charge in [0.05, 0.1) is 10.5 Å². The average Bonchev–Trinajstić information content (AvgIpc) is 2.48. The van der Waals surface area contributed by atoms with Gasteiger partial charge in [-0.1, -0.05) is 0 Å². The number of hydrogen-bond donors (Lipinski definition) is 1. The van der Waals surface area contributed by atoms with Crippen molar-refractivity contribution < 1.29 is 12.8 Å². The minimum absolute atomic E-state index is 0. The van der Waals surface area contributed by atoms with Crippen LogP contribution in [0.15, 0.2) is 23.1 Å². The highest BCUT2D eigenvalue weighted by molar-refractivity contribution is 7.89. The Labute approximate surface area is 136 Å². The standard InChI is InChI=1S/C14H18FN3O2S.ClH/c1-17-10-11-4-6-18(7-5-11)21(19,20)13-2-3-14(15)12(8-13)9-16;/h2-3,8,11,17H,4-7,10H2,1H3;1H. The predicted octanol–water partition coefficient (Wildman–Crippen LogP) is 1.74. The Morgan fingerprint density at radius 2 is 2.05 bits per heavy atom. The molecule has 22 heavy (non-hydrogen) atoms. The molecule has 0 saturated carbocycles. The zero-order chi connectivity index (χ0) is 15.5. The van der Waals surface area contributed by atoms with Crippen LogP contribution in [0.1, 0.15) is 18.4 Å². The highest BCUT2D eigenvalue weighted by Crippen LogP contribution is 2.24. The highest BCUT2D eigenvalue weighted by atomic mass is 35.5. The normalized spacial score (nSPS) is 16.8. The number of nitrogens with zero attached hydrogens (tertiary/aromatic N) is 2. The molecule has 0 atom stereocenters. The smallest absolute Gasteiger partial charge is 0.243 e. The SMILES string of the molecule is CNCC1CCN(S(=O)(=O)c2ccc(F)c(C#N)c2)CC1.Cl. The summed E-state index contributed by atoms with van der Waals surface area (Å²) in [6.45, 7) is 1.78. The van der Waals surface area contributed by atoms with Gasteiger partial charge >= 0.3 is 0 Å². The van der Waals surface area contributed by atoms with Crippen molar-refractivity contribution in [3.63, 3.8) is 0 Å². The van der Waals surface area contributed by atoms with Crippen molar-refractivity contribution in [2.45, 2.75) is 17.7 Å². The van der Waals surface area contributed by atoms with E-state index in [0.717, 1.165) is 31.5 Å². The molecule has 5 nitrogen and oxygen atoms in total. The summed E-state index contributed by atoms with van der Waals surface area (Å²) < 4.78 is 39.7. The first-order chi connectivity index (χ1) is 9.98. The van der Waals surface area contributed by atoms with Crippen LogP contribution in [-0.2, 0) is 10.0 Å². The third-order valence-electron chi connectivity index (χ3n) is 3.76. The number of hydrogen-bond acceptors (Lipinski definition) is 4. The van der Waals surface area contributed by atoms with Gasteiger partial charge in [0.25, 0.3) is 0 Å². The molecule has 0 spiro atoms. The van der Waals surface area contributed by atoms with Gasteiger partial charge in [-0.3, -0.25) is 0 Å². The molecular weight excluding hydrogens is 329 g/mol. The van der Waals surface area contributed by atoms with E-state index in [2.05, 4.69) is 5.32 Å². The van der Waals surface area contributed by atoms with E-state index in [9.17, 15) is 12.8 Å². The van der Waals surface area contributed by atoms with Crippen molar-refractivity contribution >= 4 is 22.4 Å². The lowest BCUT2D eigenvalue weighted by Gasteiger charge is -2.31. The number of nitriles is 1. The zero-order valence-electron chi connectivity index (χ0n) is 12.3. The maximum atomic E-state index is 13.3. The van der Waals surface area contributed by atoms with Gasteiger partial charge in [0.15, 0.2) is 0 Å². The van der Waals surface area contributed by atoms with Crippen molar-refractivity contribution in [3.8, 4) is 6.07 Å². The van der Waals surface area contributed by atoms with Gasteiger partial charge in [0, 0.05) is 13.1 Å². The van der Waals surface area contributed by atoms with Gasteiger partial charge in [0.2, 0.25) is 10.0 Å². The van der Waals surface area contributed by atoms with Crippen LogP contribution in [0.5, 0.6) is 0 Å². The molecular formula is C14H19ClFN3O2S. The molecule has 1 aliphatic heterocycles. The maximum Gasteiger partial charge on any atom is 0.243 e. The molecule has 0 bridgehead atoms. The van der Waals surface area contributed by atoms with Crippen LogP contribution in [-0.4, -0.2) is 39.4 Å². The molecule has 1 aromatic rings. The summed E-state index contributed by atoms with van der Waals surface area (Å²) in [4.78, 5) is -0.0208. The highest BCUT2D eigenvalue weighted by Gasteiger charge is 2.29. The first-order valence-corrected chi connectivity index (χ1v) is 8.27. The Hall–Kier alpha value is -1.20. The summed E-state index contributed by atoms with van der Waals surface area (Å²) in [5, 5.41) is 11.9. The molecule has 0 unspecified atom stereocenters. The van der Waals surface area contributed by atoms with Crippen molar-refractivity contribution in [2.75, 3.05) is 26.7 Å². The number of halogens is 2. The van der Waals surface area contributed by atoms with Gasteiger partial charge in [-0.25, -0.2) is 12.8 Å². The Morgan fingerprint density at radius 1 is 1.41 bits per heavy atom. The lowest BCUT2D eigenvalue weighted by Crippen LogP contribution is -2.40. The fourth-order valence-electron chi connectivity index (χ4n) is 2.54. The van der Waals surface area contributed by atoms with Crippen LogP contribution in [0.3, 0.4) is 0 Å². The molecule has 0 radical (unpaired) electrons. The third kappa shape index (κ3) is 3.96. The predicted molar refractivity (Wildman–Crippen MR) is 83.8 cm³/mol. The molecule has 1 aliphatic rings. The summed E-state index contributed by atoms with van der Waals surface area (Å²) in [6, 6.07) is 5.01. The van der Waals surface area contributed by atoms with Crippen molar-refractivity contribution in [1.82, 2.24) is 9.62 Å². The van der Waals surface area contributed by atoms with E-state index in [-0.39, 0.29) is 22.9 Å². The molecule has 0 amide bonds. The van der Waals surface area contributed by atoms with Crippen LogP contribution in [0.2, 0.25) is 0 Å². The summed E-state index contributed by atoms with van der Waals surface area (Å²) in [6.07, 6.45) is 1.60. The molecule has 1 saturated heterocycles. The van der Waals surface area contributed by atoms with Crippen LogP contribution in [0.4, 0.5) is 4.39 Å². The quantitative estimate of drug-likeness (QED) is 0.900. The molecule has 1 heterocycles. The largest absolute Gasteiger partial charge is 0.319 e. The summed E-state index contributed by atoms with van der Waals surface area (Å²) >= 11 is 0. The Kier molecular flexibility index (Phi) is 6.75. The zero-order valence-corrected chi connectivity index (χ0v) is 13.9. The number of rotatable bonds is 4. The van der Waals surface area contributed by atoms with E-state index in [4.69, 9.17) is 5.26 Å². The monoisotopic (exact) mass is 347 g/mol. The van der Waals surface area contributed by atoms with Gasteiger partial charge in [-0.2, -0.15) is 9.57 Å². The molecule has 122 valence electrons. The van der Waals surface area contributed by atoms with Gasteiger partial charge in [-0.15, -0.1) is 12.4 Å². The number of benzene rings is 1. The van der Waals surface area contributed by atoms with E-state index in [1.54, 1.807) is 6.07 Å². The third-order valence-corrected chi connectivity index (χ3v) is 5.66. The summed E-state index contributed by atoms with van der Waals surface area (Å²) in [5.41, 5.74) is -0.249. The first-order valence-electron chi connectivity index (χ1n) is 6.83. The van der Waals surface area contributed by atoms with Crippen LogP contribution < -0.4 is 5.32 Å². The number of sulfonamides is 1. The second-order valence-corrected chi connectivity index (χ2v) is 7.10. The van der Waals surface area contributed by atoms with Crippen LogP contribution >= 0.6 is 12.4 Å². The first kappa shape index (κ1) is 18.8. The Balaban J connectivity index is 0.00000242. The van der Waals surface area contributed by atoms with E-state index in [1.165, 1.54) is 10.4 Å². The van der Waals surface area contributed by atoms with Crippen molar-refractivity contribution in [3.05, 3.63) is 29.6 Å². The summed E-state index contributed by atoms with van der Waals surface area (Å²) in [7, 11) is -1.77. The molecule has 0 aromatic heterocycles. The second-order valence-electron chi connectivity index (χ2n) is 5.16. The maximum absolute atomic E-state index is 13.3. The minimum atomic E-state index is -3.65. The molecule has 8 heteroatoms. The number of nitrogens with one attached hydrogen (secondary N) is 1. The van der Waals surface area contributed by atoms with E-state index in [1.807, 2.05) is 7.05 Å². The Morgan fingerprint density at radius 3 is 2.59 bits per heavy atom. The van der Waals surface area contributed by atoms with E-state index >= 15 is 0 Å². The molecule has 0 aliphatic carbocycles. The lowest BCUT2D eigenvalue weighted by molar-refractivity contribution is 0.270. The van der Waals surface area contributed by atoms with Crippen molar-refractivity contribution in [2.24, 2.45) is 5.92 Å². The minimum Gasteiger partial charge on any atom is -0.319 e. The van der Waals surface area contributed by atoms with Gasteiger partial charge < -0.3 is 5.32 Å². The average molecular weight is 348 g/mol. The van der Waals surface area contributed by atoms with Crippen LogP contribution in [0, 0.1) is 23.1 Å². The molecule has 1 aromatic carbocycles. The van der Waals surface area contributed by atoms with Crippen molar-refractivity contribution in [1.29, 1.82) is 5.26 Å². The lowest BCUT2D eigenvalue weighted by atomic mass is 9.98. The second kappa shape index (κ2) is 7.88. The molecule has 1 fully saturated rings. The topological polar surface area (TPSA) is 73.2 Å². The Bertz CT molecular complexity index is 653. The molecule has 2 rings (SSSR count). The number of piperidine rings is 1. The summed E-state index contributed by atoms with van der Waals surface area (Å²) in [5.74, 6) is -0.228. The van der Waals surface area contributed by atoms with Gasteiger partial charge in [0.1, 0.15) is 11.9 Å². The van der Waals surface area contributed by atoms with E-state index < -0.39 is 15.8 Å². The fourth-order valence-corrected chi connectivity index (χ4v) is 4.04. The molecule has 1 N–H and O–H groups in total. The van der Waals surface area contributed by atoms with Gasteiger partial charge in [-0.05, 0) is 50.6 Å². The fraction of sp³-hybridized carbons (Fsp3) is 0.500.